The molecule has 0 atom stereocenters. The Labute approximate surface area is 235 Å². The topological polar surface area (TPSA) is 108 Å². The van der Waals surface area contributed by atoms with E-state index in [1.165, 1.54) is 18.7 Å². The first kappa shape index (κ1) is 27.9. The van der Waals surface area contributed by atoms with E-state index in [0.717, 1.165) is 22.6 Å². The maximum Gasteiger partial charge on any atom is 0.308 e. The average molecular weight is 564 g/mol. The minimum Gasteiger partial charge on any atom is -0.494 e. The van der Waals surface area contributed by atoms with Crippen molar-refractivity contribution < 1.29 is 19.1 Å². The minimum atomic E-state index is -0.392. The molecule has 1 amide bonds. The molecule has 0 saturated carbocycles. The number of nitrogens with zero attached hydrogens (tertiary/aromatic N) is 4. The molecule has 39 heavy (non-hydrogen) atoms. The van der Waals surface area contributed by atoms with Crippen molar-refractivity contribution in [2.45, 2.75) is 25.9 Å². The predicted octanol–water partition coefficient (Wildman–Crippen LogP) is 5.54. The number of carbonyl (C=O) groups excluding carboxylic acids is 2. The molecule has 1 aromatic heterocycles. The number of thioether (sulfide) groups is 1. The summed E-state index contributed by atoms with van der Waals surface area (Å²) in [6.45, 7) is 5.61. The molecule has 1 N–H and O–H groups in total. The fraction of sp³-hybridized carbons (Fsp3) is 0.179. The maximum atomic E-state index is 12.6. The number of carbonyl (C=O) groups is 2. The molecule has 3 aromatic carbocycles. The molecule has 11 heteroatoms. The van der Waals surface area contributed by atoms with E-state index in [4.69, 9.17) is 21.1 Å². The van der Waals surface area contributed by atoms with Gasteiger partial charge >= 0.3 is 5.97 Å². The number of esters is 1. The molecular formula is C28H26ClN5O4S. The zero-order chi connectivity index (χ0) is 27.8. The van der Waals surface area contributed by atoms with E-state index >= 15 is 0 Å². The van der Waals surface area contributed by atoms with Crippen LogP contribution in [0.4, 0.5) is 0 Å². The Kier molecular flexibility index (Phi) is 9.35. The van der Waals surface area contributed by atoms with Gasteiger partial charge in [-0.3, -0.25) is 14.2 Å². The lowest BCUT2D eigenvalue weighted by Gasteiger charge is -2.11. The lowest BCUT2D eigenvalue weighted by Crippen LogP contribution is -2.21. The van der Waals surface area contributed by atoms with E-state index < -0.39 is 5.97 Å². The highest BCUT2D eigenvalue weighted by atomic mass is 35.5. The number of rotatable bonds is 10. The van der Waals surface area contributed by atoms with Gasteiger partial charge in [-0.25, -0.2) is 5.43 Å². The van der Waals surface area contributed by atoms with Crippen LogP contribution in [0, 0.1) is 0 Å². The van der Waals surface area contributed by atoms with E-state index in [1.54, 1.807) is 43.3 Å². The van der Waals surface area contributed by atoms with Crippen LogP contribution < -0.4 is 14.9 Å². The van der Waals surface area contributed by atoms with E-state index in [0.29, 0.717) is 34.1 Å². The average Bonchev–Trinajstić information content (AvgIpc) is 3.35. The standard InChI is InChI=1S/C28H26ClN5O4S/c1-4-37-24-15-11-23(12-16-24)34-27(21-5-9-22(29)10-6-21)32-33-28(34)39-17-26(36)31-30-18(2)20-7-13-25(14-8-20)38-19(3)35/h5-16H,4,17H2,1-3H3,(H,31,36). The number of nitrogens with one attached hydrogen (secondary N) is 1. The van der Waals surface area contributed by atoms with Gasteiger partial charge in [-0.05, 0) is 92.2 Å². The minimum absolute atomic E-state index is 0.0674. The zero-order valence-corrected chi connectivity index (χ0v) is 23.1. The van der Waals surface area contributed by atoms with Gasteiger partial charge in [0.25, 0.3) is 5.91 Å². The van der Waals surface area contributed by atoms with Crippen LogP contribution in [0.1, 0.15) is 26.3 Å². The van der Waals surface area contributed by atoms with Crippen molar-refractivity contribution in [1.82, 2.24) is 20.2 Å². The van der Waals surface area contributed by atoms with E-state index in [-0.39, 0.29) is 11.7 Å². The summed E-state index contributed by atoms with van der Waals surface area (Å²) in [7, 11) is 0. The second kappa shape index (κ2) is 13.1. The van der Waals surface area contributed by atoms with Crippen molar-refractivity contribution >= 4 is 41.0 Å². The second-order valence-corrected chi connectivity index (χ2v) is 9.59. The Bertz CT molecular complexity index is 1470. The molecule has 200 valence electrons. The van der Waals surface area contributed by atoms with Gasteiger partial charge in [0, 0.05) is 23.2 Å². The molecule has 9 nitrogen and oxygen atoms in total. The fourth-order valence-corrected chi connectivity index (χ4v) is 4.41. The van der Waals surface area contributed by atoms with Gasteiger partial charge in [0.15, 0.2) is 11.0 Å². The lowest BCUT2D eigenvalue weighted by atomic mass is 10.1. The first-order valence-corrected chi connectivity index (χ1v) is 13.4. The molecule has 4 aromatic rings. The van der Waals surface area contributed by atoms with Crippen LogP contribution >= 0.6 is 23.4 Å². The third-order valence-corrected chi connectivity index (χ3v) is 6.54. The first-order chi connectivity index (χ1) is 18.8. The van der Waals surface area contributed by atoms with Gasteiger partial charge in [0.05, 0.1) is 18.1 Å². The molecule has 0 fully saturated rings. The van der Waals surface area contributed by atoms with Crippen molar-refractivity contribution in [3.8, 4) is 28.6 Å². The molecule has 0 spiro atoms. The van der Waals surface area contributed by atoms with Gasteiger partial charge in [-0.15, -0.1) is 10.2 Å². The number of hydrazone groups is 1. The summed E-state index contributed by atoms with van der Waals surface area (Å²) in [4.78, 5) is 23.7. The Morgan fingerprint density at radius 1 is 0.949 bits per heavy atom. The largest absolute Gasteiger partial charge is 0.494 e. The number of ether oxygens (including phenoxy) is 2. The van der Waals surface area contributed by atoms with Gasteiger partial charge < -0.3 is 9.47 Å². The molecule has 4 rings (SSSR count). The summed E-state index contributed by atoms with van der Waals surface area (Å²) in [5.41, 5.74) is 5.61. The Balaban J connectivity index is 1.48. The quantitative estimate of drug-likeness (QED) is 0.0886. The highest BCUT2D eigenvalue weighted by Crippen LogP contribution is 2.29. The molecule has 1 heterocycles. The second-order valence-electron chi connectivity index (χ2n) is 8.21. The maximum absolute atomic E-state index is 12.6. The van der Waals surface area contributed by atoms with Crippen LogP contribution in [-0.4, -0.2) is 44.7 Å². The highest BCUT2D eigenvalue weighted by Gasteiger charge is 2.17. The number of amides is 1. The molecule has 0 aliphatic carbocycles. The normalized spacial score (nSPS) is 11.2. The smallest absolute Gasteiger partial charge is 0.308 e. The van der Waals surface area contributed by atoms with Gasteiger partial charge in [0.2, 0.25) is 0 Å². The summed E-state index contributed by atoms with van der Waals surface area (Å²) >= 11 is 7.32. The molecule has 0 saturated heterocycles. The van der Waals surface area contributed by atoms with Gasteiger partial charge in [0.1, 0.15) is 11.5 Å². The van der Waals surface area contributed by atoms with Crippen LogP contribution in [0.25, 0.3) is 17.1 Å². The van der Waals surface area contributed by atoms with Crippen LogP contribution in [-0.2, 0) is 9.59 Å². The predicted molar refractivity (Wildman–Crippen MR) is 152 cm³/mol. The van der Waals surface area contributed by atoms with E-state index in [1.807, 2.05) is 47.9 Å². The molecule has 0 aliphatic rings. The Morgan fingerprint density at radius 3 is 2.26 bits per heavy atom. The van der Waals surface area contributed by atoms with Crippen molar-refractivity contribution in [3.05, 3.63) is 83.4 Å². The first-order valence-electron chi connectivity index (χ1n) is 12.0. The molecule has 0 bridgehead atoms. The van der Waals surface area contributed by atoms with E-state index in [9.17, 15) is 9.59 Å². The number of benzene rings is 3. The van der Waals surface area contributed by atoms with E-state index in [2.05, 4.69) is 20.7 Å². The molecular weight excluding hydrogens is 538 g/mol. The fourth-order valence-electron chi connectivity index (χ4n) is 3.54. The van der Waals surface area contributed by atoms with Crippen LogP contribution in [0.2, 0.25) is 5.02 Å². The van der Waals surface area contributed by atoms with Gasteiger partial charge in [-0.2, -0.15) is 5.10 Å². The van der Waals surface area contributed by atoms with Crippen LogP contribution in [0.15, 0.2) is 83.1 Å². The van der Waals surface area contributed by atoms with Gasteiger partial charge in [-0.1, -0.05) is 23.4 Å². The number of aromatic nitrogens is 3. The third-order valence-electron chi connectivity index (χ3n) is 5.36. The lowest BCUT2D eigenvalue weighted by molar-refractivity contribution is -0.131. The van der Waals surface area contributed by atoms with Crippen molar-refractivity contribution in [2.75, 3.05) is 12.4 Å². The molecule has 0 radical (unpaired) electrons. The number of halogens is 1. The zero-order valence-electron chi connectivity index (χ0n) is 21.6. The Morgan fingerprint density at radius 2 is 1.62 bits per heavy atom. The number of hydrogen-bond donors (Lipinski definition) is 1. The summed E-state index contributed by atoms with van der Waals surface area (Å²) in [5, 5.41) is 14.1. The summed E-state index contributed by atoms with van der Waals surface area (Å²) in [6.07, 6.45) is 0. The van der Waals surface area contributed by atoms with Crippen molar-refractivity contribution in [2.24, 2.45) is 5.10 Å². The summed E-state index contributed by atoms with van der Waals surface area (Å²) < 4.78 is 12.5. The SMILES string of the molecule is CCOc1ccc(-n2c(SCC(=O)NN=C(C)c3ccc(OC(C)=O)cc3)nnc2-c2ccc(Cl)cc2)cc1. The van der Waals surface area contributed by atoms with Crippen molar-refractivity contribution in [3.63, 3.8) is 0 Å². The third kappa shape index (κ3) is 7.46. The van der Waals surface area contributed by atoms with Crippen molar-refractivity contribution in [1.29, 1.82) is 0 Å². The summed E-state index contributed by atoms with van der Waals surface area (Å²) in [5.74, 6) is 1.18. The Hall–Kier alpha value is -4.15. The highest BCUT2D eigenvalue weighted by molar-refractivity contribution is 7.99. The van der Waals surface area contributed by atoms with Crippen LogP contribution in [0.3, 0.4) is 0 Å². The molecule has 0 unspecified atom stereocenters. The number of hydrogen-bond acceptors (Lipinski definition) is 8. The summed E-state index contributed by atoms with van der Waals surface area (Å²) in [6, 6.07) is 21.8. The monoisotopic (exact) mass is 563 g/mol. The molecule has 0 aliphatic heterocycles. The van der Waals surface area contributed by atoms with Crippen LogP contribution in [0.5, 0.6) is 11.5 Å².